The van der Waals surface area contributed by atoms with Gasteiger partial charge in [0.05, 0.1) is 12.6 Å². The van der Waals surface area contributed by atoms with Crippen molar-refractivity contribution in [2.75, 3.05) is 33.4 Å². The van der Waals surface area contributed by atoms with Gasteiger partial charge < -0.3 is 14.5 Å². The van der Waals surface area contributed by atoms with Crippen LogP contribution in [0.1, 0.15) is 35.4 Å². The molecular weight excluding hydrogens is 379 g/mol. The second-order valence-electron chi connectivity index (χ2n) is 6.84. The third kappa shape index (κ3) is 4.42. The number of rotatable bonds is 7. The molecule has 1 atom stereocenters. The van der Waals surface area contributed by atoms with Crippen molar-refractivity contribution in [1.82, 2.24) is 9.80 Å². The Hall–Kier alpha value is -2.25. The number of carbonyl (C=O) groups is 2. The van der Waals surface area contributed by atoms with Crippen LogP contribution in [-0.4, -0.2) is 55.0 Å². The van der Waals surface area contributed by atoms with Gasteiger partial charge in [-0.3, -0.25) is 9.59 Å². The molecule has 0 N–H and O–H groups in total. The highest BCUT2D eigenvalue weighted by atomic mass is 32.1. The van der Waals surface area contributed by atoms with Crippen LogP contribution in [0.3, 0.4) is 0 Å². The van der Waals surface area contributed by atoms with E-state index in [0.717, 1.165) is 24.0 Å². The molecule has 1 aromatic carbocycles. The Morgan fingerprint density at radius 2 is 2.04 bits per heavy atom. The summed E-state index contributed by atoms with van der Waals surface area (Å²) in [6.07, 6.45) is 1.55. The van der Waals surface area contributed by atoms with E-state index in [2.05, 4.69) is 0 Å². The molecule has 2 amide bonds. The first-order valence-corrected chi connectivity index (χ1v) is 10.3. The molecule has 1 aliphatic rings. The molecule has 150 valence electrons. The lowest BCUT2D eigenvalue weighted by atomic mass is 9.93. The maximum atomic E-state index is 13.4. The third-order valence-corrected chi connectivity index (χ3v) is 5.91. The van der Waals surface area contributed by atoms with Gasteiger partial charge in [0.25, 0.3) is 0 Å². The van der Waals surface area contributed by atoms with E-state index in [1.54, 1.807) is 28.4 Å². The van der Waals surface area contributed by atoms with E-state index in [1.165, 1.54) is 24.1 Å². The van der Waals surface area contributed by atoms with Gasteiger partial charge in [0.15, 0.2) is 0 Å². The number of carbonyl (C=O) groups excluding carboxylic acids is 2. The van der Waals surface area contributed by atoms with E-state index >= 15 is 0 Å². The summed E-state index contributed by atoms with van der Waals surface area (Å²) in [5.41, 5.74) is 1.96. The molecule has 2 aromatic rings. The number of benzene rings is 1. The Morgan fingerprint density at radius 3 is 2.71 bits per heavy atom. The lowest BCUT2D eigenvalue weighted by molar-refractivity contribution is -0.143. The summed E-state index contributed by atoms with van der Waals surface area (Å²) in [5.74, 6) is -0.601. The highest BCUT2D eigenvalue weighted by Gasteiger charge is 2.33. The highest BCUT2D eigenvalue weighted by Crippen LogP contribution is 2.37. The molecule has 5 nitrogen and oxygen atoms in total. The summed E-state index contributed by atoms with van der Waals surface area (Å²) in [4.78, 5) is 30.1. The van der Waals surface area contributed by atoms with E-state index in [9.17, 15) is 14.0 Å². The number of nitrogens with zero attached hydrogens (tertiary/aromatic N) is 2. The van der Waals surface area contributed by atoms with Crippen molar-refractivity contribution >= 4 is 23.2 Å². The fourth-order valence-corrected chi connectivity index (χ4v) is 4.52. The number of halogens is 1. The van der Waals surface area contributed by atoms with E-state index in [4.69, 9.17) is 4.74 Å². The topological polar surface area (TPSA) is 49.9 Å². The smallest absolute Gasteiger partial charge is 0.249 e. The number of hydrogen-bond acceptors (Lipinski definition) is 4. The van der Waals surface area contributed by atoms with E-state index in [0.29, 0.717) is 13.1 Å². The van der Waals surface area contributed by atoms with E-state index in [-0.39, 0.29) is 36.8 Å². The van der Waals surface area contributed by atoms with Gasteiger partial charge in [-0.05, 0) is 47.5 Å². The summed E-state index contributed by atoms with van der Waals surface area (Å²) in [5, 5.41) is 2.03. The van der Waals surface area contributed by atoms with Crippen molar-refractivity contribution in [2.45, 2.75) is 25.8 Å². The van der Waals surface area contributed by atoms with Crippen molar-refractivity contribution in [2.24, 2.45) is 0 Å². The Balaban J connectivity index is 1.87. The summed E-state index contributed by atoms with van der Waals surface area (Å²) >= 11 is 1.68. The van der Waals surface area contributed by atoms with Crippen LogP contribution >= 0.6 is 11.3 Å². The molecule has 0 saturated carbocycles. The normalized spacial score (nSPS) is 16.0. The maximum absolute atomic E-state index is 13.4. The monoisotopic (exact) mass is 404 g/mol. The van der Waals surface area contributed by atoms with Gasteiger partial charge in [0, 0.05) is 25.1 Å². The SMILES string of the molecule is CCCN(CC(=O)N1CCc2sccc2C1c1ccc(F)cc1)C(=O)COC. The van der Waals surface area contributed by atoms with Crippen LogP contribution < -0.4 is 0 Å². The van der Waals surface area contributed by atoms with Crippen LogP contribution in [0.25, 0.3) is 0 Å². The molecule has 0 bridgehead atoms. The zero-order valence-corrected chi connectivity index (χ0v) is 17.0. The predicted octanol–water partition coefficient (Wildman–Crippen LogP) is 3.25. The van der Waals surface area contributed by atoms with Gasteiger partial charge in [0.2, 0.25) is 11.8 Å². The molecule has 0 aliphatic carbocycles. The van der Waals surface area contributed by atoms with Gasteiger partial charge in [-0.25, -0.2) is 4.39 Å². The van der Waals surface area contributed by atoms with Crippen molar-refractivity contribution in [3.05, 3.63) is 57.5 Å². The number of methoxy groups -OCH3 is 1. The van der Waals surface area contributed by atoms with Crippen LogP contribution in [0.2, 0.25) is 0 Å². The molecular formula is C21H25FN2O3S. The van der Waals surface area contributed by atoms with Gasteiger partial charge in [-0.1, -0.05) is 19.1 Å². The minimum Gasteiger partial charge on any atom is -0.375 e. The first-order chi connectivity index (χ1) is 13.5. The van der Waals surface area contributed by atoms with Gasteiger partial charge in [-0.15, -0.1) is 11.3 Å². The zero-order chi connectivity index (χ0) is 20.1. The predicted molar refractivity (Wildman–Crippen MR) is 107 cm³/mol. The molecule has 0 fully saturated rings. The average molecular weight is 405 g/mol. The largest absolute Gasteiger partial charge is 0.375 e. The van der Waals surface area contributed by atoms with Gasteiger partial charge in [-0.2, -0.15) is 0 Å². The van der Waals surface area contributed by atoms with Crippen molar-refractivity contribution < 1.29 is 18.7 Å². The standard InChI is InChI=1S/C21H25FN2O3S/c1-3-10-23(20(26)14-27-2)13-19(25)24-11-8-18-17(9-12-28-18)21(24)15-4-6-16(22)7-5-15/h4-7,9,12,21H,3,8,10-11,13-14H2,1-2H3. The van der Waals surface area contributed by atoms with Crippen LogP contribution in [-0.2, 0) is 20.7 Å². The molecule has 1 aliphatic heterocycles. The maximum Gasteiger partial charge on any atom is 0.249 e. The van der Waals surface area contributed by atoms with Crippen molar-refractivity contribution in [3.8, 4) is 0 Å². The molecule has 1 unspecified atom stereocenters. The summed E-state index contributed by atoms with van der Waals surface area (Å²) in [6, 6.07) is 8.07. The molecule has 2 heterocycles. The van der Waals surface area contributed by atoms with Crippen LogP contribution in [0.5, 0.6) is 0 Å². The quantitative estimate of drug-likeness (QED) is 0.712. The molecule has 7 heteroatoms. The summed E-state index contributed by atoms with van der Waals surface area (Å²) in [6.45, 7) is 3.04. The fourth-order valence-electron chi connectivity index (χ4n) is 3.62. The third-order valence-electron chi connectivity index (χ3n) is 4.91. The average Bonchev–Trinajstić information content (AvgIpc) is 3.16. The minimum absolute atomic E-state index is 0.0210. The minimum atomic E-state index is -0.303. The molecule has 0 spiro atoms. The number of thiophene rings is 1. The molecule has 1 aromatic heterocycles. The molecule has 28 heavy (non-hydrogen) atoms. The number of ether oxygens (including phenoxy) is 1. The Morgan fingerprint density at radius 1 is 1.29 bits per heavy atom. The van der Waals surface area contributed by atoms with Crippen LogP contribution in [0.15, 0.2) is 35.7 Å². The van der Waals surface area contributed by atoms with Gasteiger partial charge in [0.1, 0.15) is 12.4 Å². The van der Waals surface area contributed by atoms with Crippen molar-refractivity contribution in [3.63, 3.8) is 0 Å². The van der Waals surface area contributed by atoms with Crippen LogP contribution in [0.4, 0.5) is 4.39 Å². The Bertz CT molecular complexity index is 821. The van der Waals surface area contributed by atoms with E-state index < -0.39 is 0 Å². The molecule has 0 radical (unpaired) electrons. The fraction of sp³-hybridized carbons (Fsp3) is 0.429. The Labute approximate surface area is 168 Å². The number of amides is 2. The first-order valence-electron chi connectivity index (χ1n) is 9.43. The molecule has 3 rings (SSSR count). The lowest BCUT2D eigenvalue weighted by Crippen LogP contribution is -2.47. The van der Waals surface area contributed by atoms with Gasteiger partial charge >= 0.3 is 0 Å². The summed E-state index contributed by atoms with van der Waals surface area (Å²) in [7, 11) is 1.47. The van der Waals surface area contributed by atoms with Crippen LogP contribution in [0, 0.1) is 5.82 Å². The molecule has 0 saturated heterocycles. The Kier molecular flexibility index (Phi) is 6.80. The lowest BCUT2D eigenvalue weighted by Gasteiger charge is -2.37. The summed E-state index contributed by atoms with van der Waals surface area (Å²) < 4.78 is 18.4. The first kappa shape index (κ1) is 20.5. The number of hydrogen-bond donors (Lipinski definition) is 0. The second kappa shape index (κ2) is 9.30. The van der Waals surface area contributed by atoms with E-state index in [1.807, 2.05) is 23.3 Å². The zero-order valence-electron chi connectivity index (χ0n) is 16.2. The number of fused-ring (bicyclic) bond motifs is 1. The van der Waals surface area contributed by atoms with Crippen molar-refractivity contribution in [1.29, 1.82) is 0 Å². The second-order valence-corrected chi connectivity index (χ2v) is 7.84. The highest BCUT2D eigenvalue weighted by molar-refractivity contribution is 7.10.